The van der Waals surface area contributed by atoms with Crippen molar-refractivity contribution in [3.63, 3.8) is 0 Å². The van der Waals surface area contributed by atoms with Crippen LogP contribution in [0, 0.1) is 11.7 Å². The quantitative estimate of drug-likeness (QED) is 0.409. The van der Waals surface area contributed by atoms with Gasteiger partial charge in [-0.1, -0.05) is 0 Å². The van der Waals surface area contributed by atoms with Gasteiger partial charge < -0.3 is 19.1 Å². The van der Waals surface area contributed by atoms with Gasteiger partial charge in [-0.25, -0.2) is 9.37 Å². The van der Waals surface area contributed by atoms with E-state index in [4.69, 9.17) is 14.2 Å². The molecule has 1 aromatic heterocycles. The predicted octanol–water partition coefficient (Wildman–Crippen LogP) is 4.95. The fourth-order valence-corrected chi connectivity index (χ4v) is 4.74. The van der Waals surface area contributed by atoms with E-state index < -0.39 is 0 Å². The van der Waals surface area contributed by atoms with Gasteiger partial charge in [0.1, 0.15) is 17.4 Å². The van der Waals surface area contributed by atoms with Gasteiger partial charge in [0.2, 0.25) is 0 Å². The number of likely N-dealkylation sites (tertiary alicyclic amines) is 1. The molecule has 1 amide bonds. The highest BCUT2D eigenvalue weighted by Gasteiger charge is 2.29. The van der Waals surface area contributed by atoms with Crippen LogP contribution in [0.15, 0.2) is 47.8 Å². The topological polar surface area (TPSA) is 78.0 Å². The third kappa shape index (κ3) is 5.97. The molecule has 35 heavy (non-hydrogen) atoms. The maximum atomic E-state index is 13.1. The number of nitrogens with zero attached hydrogens (tertiary/aromatic N) is 2. The van der Waals surface area contributed by atoms with Gasteiger partial charge in [0.05, 0.1) is 25.3 Å². The Bertz CT molecular complexity index is 1170. The molecule has 0 saturated carbocycles. The van der Waals surface area contributed by atoms with Gasteiger partial charge in [0.25, 0.3) is 5.91 Å². The number of aromatic nitrogens is 1. The van der Waals surface area contributed by atoms with E-state index >= 15 is 0 Å². The number of carbonyl (C=O) groups excluding carboxylic acids is 2. The highest BCUT2D eigenvalue weighted by atomic mass is 32.1. The van der Waals surface area contributed by atoms with Crippen LogP contribution in [0.4, 0.5) is 4.39 Å². The van der Waals surface area contributed by atoms with Crippen molar-refractivity contribution >= 4 is 23.2 Å². The van der Waals surface area contributed by atoms with Gasteiger partial charge in [-0.2, -0.15) is 0 Å². The SMILES string of the molecule is CCOc1ccc(-c2nc(COC(=O)C3CCN(C(=O)c4ccc(F)cc4)CC3)cs2)cc1OC. The first-order valence-corrected chi connectivity index (χ1v) is 12.3. The number of benzene rings is 2. The Balaban J connectivity index is 1.28. The van der Waals surface area contributed by atoms with Crippen molar-refractivity contribution in [3.05, 3.63) is 64.9 Å². The van der Waals surface area contributed by atoms with Crippen LogP contribution in [-0.2, 0) is 16.1 Å². The number of carbonyl (C=O) groups is 2. The number of amides is 1. The first-order chi connectivity index (χ1) is 17.0. The van der Waals surface area contributed by atoms with E-state index in [9.17, 15) is 14.0 Å². The van der Waals surface area contributed by atoms with Crippen LogP contribution >= 0.6 is 11.3 Å². The lowest BCUT2D eigenvalue weighted by molar-refractivity contribution is -0.151. The summed E-state index contributed by atoms with van der Waals surface area (Å²) in [5.41, 5.74) is 2.01. The molecule has 1 fully saturated rings. The molecule has 0 radical (unpaired) electrons. The zero-order valence-corrected chi connectivity index (χ0v) is 20.5. The van der Waals surface area contributed by atoms with Gasteiger partial charge in [0.15, 0.2) is 11.5 Å². The molecule has 1 saturated heterocycles. The van der Waals surface area contributed by atoms with Gasteiger partial charge in [-0.05, 0) is 62.2 Å². The zero-order chi connectivity index (χ0) is 24.8. The van der Waals surface area contributed by atoms with Crippen molar-refractivity contribution in [2.24, 2.45) is 5.92 Å². The number of ether oxygens (including phenoxy) is 3. The molecule has 184 valence electrons. The van der Waals surface area contributed by atoms with Crippen LogP contribution in [0.25, 0.3) is 10.6 Å². The van der Waals surface area contributed by atoms with E-state index in [1.807, 2.05) is 30.5 Å². The standard InChI is InChI=1S/C26H27FN2O5S/c1-3-33-22-9-6-19(14-23(22)32-2)24-28-21(16-35-24)15-34-26(31)18-10-12-29(13-11-18)25(30)17-4-7-20(27)8-5-17/h4-9,14,16,18H,3,10-13,15H2,1-2H3. The Labute approximate surface area is 207 Å². The Hall–Kier alpha value is -3.46. The summed E-state index contributed by atoms with van der Waals surface area (Å²) < 4.78 is 29.6. The molecular formula is C26H27FN2O5S. The predicted molar refractivity (Wildman–Crippen MR) is 130 cm³/mol. The Kier molecular flexibility index (Phi) is 7.97. The molecule has 0 bridgehead atoms. The van der Waals surface area contributed by atoms with Crippen molar-refractivity contribution < 1.29 is 28.2 Å². The Morgan fingerprint density at radius 1 is 1.11 bits per heavy atom. The smallest absolute Gasteiger partial charge is 0.309 e. The van der Waals surface area contributed by atoms with Crippen LogP contribution < -0.4 is 9.47 Å². The molecule has 0 atom stereocenters. The number of hydrogen-bond donors (Lipinski definition) is 0. The van der Waals surface area contributed by atoms with Crippen LogP contribution in [0.1, 0.15) is 35.8 Å². The molecule has 0 N–H and O–H groups in total. The number of rotatable bonds is 8. The van der Waals surface area contributed by atoms with Crippen molar-refractivity contribution in [2.75, 3.05) is 26.8 Å². The molecule has 2 heterocycles. The van der Waals surface area contributed by atoms with Gasteiger partial charge in [-0.3, -0.25) is 9.59 Å². The lowest BCUT2D eigenvalue weighted by Crippen LogP contribution is -2.40. The fraction of sp³-hybridized carbons (Fsp3) is 0.346. The van der Waals surface area contributed by atoms with E-state index in [2.05, 4.69) is 4.98 Å². The van der Waals surface area contributed by atoms with Crippen LogP contribution in [0.2, 0.25) is 0 Å². The summed E-state index contributed by atoms with van der Waals surface area (Å²) in [4.78, 5) is 31.4. The Morgan fingerprint density at radius 3 is 2.54 bits per heavy atom. The summed E-state index contributed by atoms with van der Waals surface area (Å²) in [5, 5.41) is 2.67. The summed E-state index contributed by atoms with van der Waals surface area (Å²) >= 11 is 1.46. The van der Waals surface area contributed by atoms with Gasteiger partial charge in [0, 0.05) is 29.6 Å². The minimum Gasteiger partial charge on any atom is -0.493 e. The lowest BCUT2D eigenvalue weighted by atomic mass is 9.96. The van der Waals surface area contributed by atoms with Gasteiger partial charge >= 0.3 is 5.97 Å². The summed E-state index contributed by atoms with van der Waals surface area (Å²) in [6.45, 7) is 3.47. The molecule has 1 aliphatic heterocycles. The van der Waals surface area contributed by atoms with Crippen molar-refractivity contribution in [3.8, 4) is 22.1 Å². The van der Waals surface area contributed by atoms with Crippen molar-refractivity contribution in [2.45, 2.75) is 26.4 Å². The third-order valence-corrected chi connectivity index (χ3v) is 6.77. The monoisotopic (exact) mass is 498 g/mol. The van der Waals surface area contributed by atoms with Crippen LogP contribution in [-0.4, -0.2) is 48.6 Å². The number of piperidine rings is 1. The summed E-state index contributed by atoms with van der Waals surface area (Å²) in [6.07, 6.45) is 1.06. The molecule has 7 nitrogen and oxygen atoms in total. The molecule has 4 rings (SSSR count). The molecule has 2 aromatic carbocycles. The first kappa shape index (κ1) is 24.7. The molecular weight excluding hydrogens is 471 g/mol. The van der Waals surface area contributed by atoms with Crippen molar-refractivity contribution in [1.82, 2.24) is 9.88 Å². The number of halogens is 1. The average Bonchev–Trinajstić information content (AvgIpc) is 3.37. The number of esters is 1. The van der Waals surface area contributed by atoms with Crippen LogP contribution in [0.5, 0.6) is 11.5 Å². The third-order valence-electron chi connectivity index (χ3n) is 5.83. The van der Waals surface area contributed by atoms with Crippen LogP contribution in [0.3, 0.4) is 0 Å². The fourth-order valence-electron chi connectivity index (χ4n) is 3.94. The highest BCUT2D eigenvalue weighted by Crippen LogP contribution is 2.34. The molecule has 0 spiro atoms. The minimum absolute atomic E-state index is 0.0955. The average molecular weight is 499 g/mol. The molecule has 1 aliphatic rings. The second-order valence-electron chi connectivity index (χ2n) is 8.12. The number of hydrogen-bond acceptors (Lipinski definition) is 7. The van der Waals surface area contributed by atoms with E-state index in [-0.39, 0.29) is 30.2 Å². The summed E-state index contributed by atoms with van der Waals surface area (Å²) in [7, 11) is 1.59. The maximum absolute atomic E-state index is 13.1. The van der Waals surface area contributed by atoms with E-state index in [1.54, 1.807) is 12.0 Å². The summed E-state index contributed by atoms with van der Waals surface area (Å²) in [6, 6.07) is 11.1. The second-order valence-corrected chi connectivity index (χ2v) is 8.98. The van der Waals surface area contributed by atoms with Crippen molar-refractivity contribution in [1.29, 1.82) is 0 Å². The molecule has 3 aromatic rings. The van der Waals surface area contributed by atoms with E-state index in [0.29, 0.717) is 55.3 Å². The van der Waals surface area contributed by atoms with E-state index in [1.165, 1.54) is 35.6 Å². The molecule has 9 heteroatoms. The molecule has 0 unspecified atom stereocenters. The number of methoxy groups -OCH3 is 1. The molecule has 0 aliphatic carbocycles. The highest BCUT2D eigenvalue weighted by molar-refractivity contribution is 7.13. The summed E-state index contributed by atoms with van der Waals surface area (Å²) in [5.74, 6) is 0.232. The maximum Gasteiger partial charge on any atom is 0.309 e. The largest absolute Gasteiger partial charge is 0.493 e. The number of thiazole rings is 1. The lowest BCUT2D eigenvalue weighted by Gasteiger charge is -2.31. The zero-order valence-electron chi connectivity index (χ0n) is 19.7. The van der Waals surface area contributed by atoms with Gasteiger partial charge in [-0.15, -0.1) is 11.3 Å². The first-order valence-electron chi connectivity index (χ1n) is 11.5. The van der Waals surface area contributed by atoms with E-state index in [0.717, 1.165) is 10.6 Å². The second kappa shape index (κ2) is 11.3. The Morgan fingerprint density at radius 2 is 1.86 bits per heavy atom. The normalized spacial score (nSPS) is 14.0. The minimum atomic E-state index is -0.380.